The van der Waals surface area contributed by atoms with Gasteiger partial charge in [0.25, 0.3) is 5.91 Å². The first-order chi connectivity index (χ1) is 15.7. The van der Waals surface area contributed by atoms with Gasteiger partial charge in [-0.2, -0.15) is 13.1 Å². The summed E-state index contributed by atoms with van der Waals surface area (Å²) in [6.07, 6.45) is 3.47. The number of benzene rings is 2. The fourth-order valence-corrected chi connectivity index (χ4v) is 5.23. The highest BCUT2D eigenvalue weighted by Crippen LogP contribution is 2.32. The lowest BCUT2D eigenvalue weighted by Gasteiger charge is -2.19. The third-order valence-corrected chi connectivity index (χ3v) is 7.42. The summed E-state index contributed by atoms with van der Waals surface area (Å²) in [4.78, 5) is 14.6. The molecule has 1 aliphatic heterocycles. The van der Waals surface area contributed by atoms with Crippen LogP contribution in [0.15, 0.2) is 47.4 Å². The van der Waals surface area contributed by atoms with Crippen molar-refractivity contribution in [2.75, 3.05) is 31.6 Å². The second-order valence-corrected chi connectivity index (χ2v) is 9.18. The molecule has 0 radical (unpaired) electrons. The minimum atomic E-state index is -3.58. The van der Waals surface area contributed by atoms with Crippen LogP contribution in [0, 0.1) is 0 Å². The molecule has 0 saturated heterocycles. The van der Waals surface area contributed by atoms with Crippen molar-refractivity contribution >= 4 is 27.7 Å². The third kappa shape index (κ3) is 5.33. The van der Waals surface area contributed by atoms with Gasteiger partial charge in [-0.3, -0.25) is 4.79 Å². The van der Waals surface area contributed by atoms with E-state index in [4.69, 9.17) is 4.74 Å². The van der Waals surface area contributed by atoms with Gasteiger partial charge in [0.1, 0.15) is 0 Å². The Morgan fingerprint density at radius 3 is 2.52 bits per heavy atom. The normalized spacial score (nSPS) is 13.7. The van der Waals surface area contributed by atoms with Crippen molar-refractivity contribution in [3.05, 3.63) is 53.6 Å². The molecule has 7 nitrogen and oxygen atoms in total. The number of anilines is 1. The first-order valence-electron chi connectivity index (χ1n) is 10.5. The Labute approximate surface area is 192 Å². The molecule has 10 heteroatoms. The number of methoxy groups -OCH3 is 1. The van der Waals surface area contributed by atoms with Crippen molar-refractivity contribution in [1.29, 1.82) is 0 Å². The highest BCUT2D eigenvalue weighted by Gasteiger charge is 2.27. The first-order valence-corrected chi connectivity index (χ1v) is 11.9. The summed E-state index contributed by atoms with van der Waals surface area (Å²) < 4.78 is 61.4. The zero-order valence-electron chi connectivity index (χ0n) is 18.6. The molecule has 2 aromatic rings. The number of rotatable bonds is 9. The number of alkyl halides is 2. The van der Waals surface area contributed by atoms with Crippen molar-refractivity contribution in [3.63, 3.8) is 0 Å². The molecule has 0 fully saturated rings. The number of hydrogen-bond acceptors (Lipinski definition) is 5. The van der Waals surface area contributed by atoms with Crippen molar-refractivity contribution < 1.29 is 31.5 Å². The van der Waals surface area contributed by atoms with Crippen LogP contribution in [0.5, 0.6) is 11.5 Å². The molecule has 0 atom stereocenters. The highest BCUT2D eigenvalue weighted by atomic mass is 32.2. The van der Waals surface area contributed by atoms with Crippen molar-refractivity contribution in [2.45, 2.75) is 31.8 Å². The molecule has 33 heavy (non-hydrogen) atoms. The molecule has 0 spiro atoms. The number of sulfonamides is 1. The summed E-state index contributed by atoms with van der Waals surface area (Å²) in [5.74, 6) is -0.252. The molecule has 1 heterocycles. The number of halogens is 2. The van der Waals surface area contributed by atoms with Crippen LogP contribution in [0.3, 0.4) is 0 Å². The Kier molecular flexibility index (Phi) is 7.70. The molecule has 0 aromatic heterocycles. The molecule has 2 aromatic carbocycles. The standard InChI is InChI=1S/C23H26F2N2O5S/c1-4-26(5-2)33(29,30)18-8-9-19-17(15-18)12-13-27(19)22(28)11-7-16-6-10-20(32-23(24)25)21(14-16)31-3/h6-11,14-15,23H,4-5,12-13H2,1-3H3/b11-7+. The lowest BCUT2D eigenvalue weighted by atomic mass is 10.1. The highest BCUT2D eigenvalue weighted by molar-refractivity contribution is 7.89. The minimum Gasteiger partial charge on any atom is -0.493 e. The van der Waals surface area contributed by atoms with Gasteiger partial charge in [0.15, 0.2) is 11.5 Å². The van der Waals surface area contributed by atoms with Gasteiger partial charge in [-0.25, -0.2) is 8.42 Å². The van der Waals surface area contributed by atoms with Crippen molar-refractivity contribution in [3.8, 4) is 11.5 Å². The predicted octanol–water partition coefficient (Wildman–Crippen LogP) is 3.93. The molecule has 1 amide bonds. The molecule has 0 N–H and O–H groups in total. The smallest absolute Gasteiger partial charge is 0.387 e. The minimum absolute atomic E-state index is 0.0973. The van der Waals surface area contributed by atoms with E-state index in [1.807, 2.05) is 0 Å². The van der Waals surface area contributed by atoms with E-state index in [1.54, 1.807) is 37.0 Å². The third-order valence-electron chi connectivity index (χ3n) is 5.38. The van der Waals surface area contributed by atoms with Crippen LogP contribution >= 0.6 is 0 Å². The van der Waals surface area contributed by atoms with Gasteiger partial charge in [-0.1, -0.05) is 19.9 Å². The average molecular weight is 481 g/mol. The van der Waals surface area contributed by atoms with Gasteiger partial charge in [-0.05, 0) is 54.0 Å². The molecule has 0 bridgehead atoms. The molecule has 0 saturated carbocycles. The zero-order chi connectivity index (χ0) is 24.2. The lowest BCUT2D eigenvalue weighted by molar-refractivity contribution is -0.114. The lowest BCUT2D eigenvalue weighted by Crippen LogP contribution is -2.30. The molecule has 0 aliphatic carbocycles. The Bertz CT molecular complexity index is 1150. The molecule has 0 unspecified atom stereocenters. The number of hydrogen-bond donors (Lipinski definition) is 0. The van der Waals surface area contributed by atoms with E-state index in [2.05, 4.69) is 4.74 Å². The van der Waals surface area contributed by atoms with Gasteiger partial charge >= 0.3 is 6.61 Å². The van der Waals surface area contributed by atoms with Gasteiger partial charge in [0.2, 0.25) is 10.0 Å². The first kappa shape index (κ1) is 24.7. The Morgan fingerprint density at radius 2 is 1.88 bits per heavy atom. The molecule has 178 valence electrons. The average Bonchev–Trinajstić information content (AvgIpc) is 3.22. The summed E-state index contributed by atoms with van der Waals surface area (Å²) in [5.41, 5.74) is 2.03. The van der Waals surface area contributed by atoms with E-state index in [1.165, 1.54) is 41.8 Å². The van der Waals surface area contributed by atoms with Crippen LogP contribution in [-0.2, 0) is 21.2 Å². The summed E-state index contributed by atoms with van der Waals surface area (Å²) in [5, 5.41) is 0. The Balaban J connectivity index is 1.78. The topological polar surface area (TPSA) is 76.2 Å². The summed E-state index contributed by atoms with van der Waals surface area (Å²) in [6, 6.07) is 9.18. The molecule has 3 rings (SSSR count). The Morgan fingerprint density at radius 1 is 1.15 bits per heavy atom. The van der Waals surface area contributed by atoms with Crippen molar-refractivity contribution in [2.24, 2.45) is 0 Å². The van der Waals surface area contributed by atoms with Crippen LogP contribution in [0.4, 0.5) is 14.5 Å². The second kappa shape index (κ2) is 10.3. The molecule has 1 aliphatic rings. The number of ether oxygens (including phenoxy) is 2. The van der Waals surface area contributed by atoms with E-state index >= 15 is 0 Å². The molecular formula is C23H26F2N2O5S. The zero-order valence-corrected chi connectivity index (χ0v) is 19.4. The quantitative estimate of drug-likeness (QED) is 0.509. The van der Waals surface area contributed by atoms with Crippen molar-refractivity contribution in [1.82, 2.24) is 4.31 Å². The fraction of sp³-hybridized carbons (Fsp3) is 0.348. The maximum absolute atomic E-state index is 12.8. The maximum Gasteiger partial charge on any atom is 0.387 e. The van der Waals surface area contributed by atoms with E-state index in [9.17, 15) is 22.0 Å². The van der Waals surface area contributed by atoms with Crippen LogP contribution in [-0.4, -0.2) is 52.0 Å². The number of fused-ring (bicyclic) bond motifs is 1. The van der Waals surface area contributed by atoms with Crippen LogP contribution in [0.25, 0.3) is 6.08 Å². The van der Waals surface area contributed by atoms with Crippen LogP contribution in [0.1, 0.15) is 25.0 Å². The van der Waals surface area contributed by atoms with E-state index < -0.39 is 16.6 Å². The maximum atomic E-state index is 12.8. The SMILES string of the molecule is CCN(CC)S(=O)(=O)c1ccc2c(c1)CCN2C(=O)/C=C/c1ccc(OC(F)F)c(OC)c1. The second-order valence-electron chi connectivity index (χ2n) is 7.24. The number of carbonyl (C=O) groups is 1. The van der Waals surface area contributed by atoms with E-state index in [-0.39, 0.29) is 22.3 Å². The monoisotopic (exact) mass is 480 g/mol. The number of amides is 1. The van der Waals surface area contributed by atoms with Gasteiger partial charge in [0, 0.05) is 31.4 Å². The summed E-state index contributed by atoms with van der Waals surface area (Å²) >= 11 is 0. The van der Waals surface area contributed by atoms with Gasteiger partial charge in [-0.15, -0.1) is 0 Å². The summed E-state index contributed by atoms with van der Waals surface area (Å²) in [6.45, 7) is 1.79. The Hall–Kier alpha value is -2.98. The van der Waals surface area contributed by atoms with Gasteiger partial charge < -0.3 is 14.4 Å². The number of nitrogens with zero attached hydrogens (tertiary/aromatic N) is 2. The van der Waals surface area contributed by atoms with E-state index in [0.717, 1.165) is 5.56 Å². The number of carbonyl (C=O) groups excluding carboxylic acids is 1. The van der Waals surface area contributed by atoms with Crippen LogP contribution in [0.2, 0.25) is 0 Å². The fourth-order valence-electron chi connectivity index (χ4n) is 3.72. The van der Waals surface area contributed by atoms with Crippen LogP contribution < -0.4 is 14.4 Å². The molecular weight excluding hydrogens is 454 g/mol. The van der Waals surface area contributed by atoms with E-state index in [0.29, 0.717) is 37.3 Å². The van der Waals surface area contributed by atoms with Gasteiger partial charge in [0.05, 0.1) is 12.0 Å². The summed E-state index contributed by atoms with van der Waals surface area (Å²) in [7, 11) is -2.24. The predicted molar refractivity (Wildman–Crippen MR) is 121 cm³/mol. The largest absolute Gasteiger partial charge is 0.493 e.